The van der Waals surface area contributed by atoms with E-state index in [9.17, 15) is 0 Å². The lowest BCUT2D eigenvalue weighted by atomic mass is 10.0. The highest BCUT2D eigenvalue weighted by Gasteiger charge is 2.23. The van der Waals surface area contributed by atoms with E-state index in [0.29, 0.717) is 0 Å². The zero-order valence-electron chi connectivity index (χ0n) is 11.0. The molecule has 1 saturated heterocycles. The lowest BCUT2D eigenvalue weighted by Gasteiger charge is -2.34. The molecule has 2 aliphatic rings. The fraction of sp³-hybridized carbons (Fsp3) is 1.00. The minimum absolute atomic E-state index is 0.812. The largest absolute Gasteiger partial charge is 0.311 e. The van der Waals surface area contributed by atoms with Crippen LogP contribution in [0.25, 0.3) is 0 Å². The summed E-state index contributed by atoms with van der Waals surface area (Å²) in [7, 11) is 0. The summed E-state index contributed by atoms with van der Waals surface area (Å²) in [4.78, 5) is 2.64. The first-order chi connectivity index (χ1) is 7.74. The van der Waals surface area contributed by atoms with Gasteiger partial charge in [-0.1, -0.05) is 26.7 Å². The van der Waals surface area contributed by atoms with Crippen molar-refractivity contribution < 1.29 is 0 Å². The highest BCUT2D eigenvalue weighted by atomic mass is 15.1. The third-order valence-corrected chi connectivity index (χ3v) is 4.04. The molecule has 1 heterocycles. The zero-order chi connectivity index (χ0) is 11.4. The molecular weight excluding hydrogens is 196 g/mol. The van der Waals surface area contributed by atoms with Crippen molar-refractivity contribution in [3.8, 4) is 0 Å². The minimum atomic E-state index is 0.812. The number of piperidine rings is 1. The van der Waals surface area contributed by atoms with Crippen molar-refractivity contribution in [2.45, 2.75) is 64.5 Å². The van der Waals surface area contributed by atoms with Gasteiger partial charge in [0.2, 0.25) is 0 Å². The smallest absolute Gasteiger partial charge is 0.00940 e. The van der Waals surface area contributed by atoms with Crippen molar-refractivity contribution in [2.24, 2.45) is 5.92 Å². The van der Waals surface area contributed by atoms with E-state index in [-0.39, 0.29) is 0 Å². The highest BCUT2D eigenvalue weighted by molar-refractivity contribution is 4.83. The molecule has 0 unspecified atom stereocenters. The van der Waals surface area contributed by atoms with Gasteiger partial charge in [-0.25, -0.2) is 0 Å². The fourth-order valence-corrected chi connectivity index (χ4v) is 3.22. The van der Waals surface area contributed by atoms with Crippen molar-refractivity contribution in [1.29, 1.82) is 0 Å². The summed E-state index contributed by atoms with van der Waals surface area (Å²) in [5, 5.41) is 3.86. The van der Waals surface area contributed by atoms with E-state index in [4.69, 9.17) is 0 Å². The van der Waals surface area contributed by atoms with E-state index in [1.165, 1.54) is 58.2 Å². The standard InChI is InChI=1S/C14H28N2/c1-12(2)11-16-9-7-14(8-10-16)15-13-5-3-4-6-13/h12-15H,3-11H2,1-2H3. The van der Waals surface area contributed by atoms with Crippen molar-refractivity contribution in [1.82, 2.24) is 10.2 Å². The molecule has 1 N–H and O–H groups in total. The van der Waals surface area contributed by atoms with Gasteiger partial charge >= 0.3 is 0 Å². The summed E-state index contributed by atoms with van der Waals surface area (Å²) in [5.74, 6) is 0.819. The Morgan fingerprint density at radius 2 is 1.56 bits per heavy atom. The second kappa shape index (κ2) is 6.02. The van der Waals surface area contributed by atoms with Gasteiger partial charge in [0.1, 0.15) is 0 Å². The van der Waals surface area contributed by atoms with Crippen LogP contribution in [0.2, 0.25) is 0 Å². The molecule has 0 spiro atoms. The first-order valence-corrected chi connectivity index (χ1v) is 7.22. The Labute approximate surface area is 101 Å². The van der Waals surface area contributed by atoms with Crippen molar-refractivity contribution in [3.05, 3.63) is 0 Å². The van der Waals surface area contributed by atoms with Crippen LogP contribution in [-0.2, 0) is 0 Å². The van der Waals surface area contributed by atoms with E-state index in [2.05, 4.69) is 24.1 Å². The summed E-state index contributed by atoms with van der Waals surface area (Å²) in [6.45, 7) is 8.55. The number of rotatable bonds is 4. The number of hydrogen-bond acceptors (Lipinski definition) is 2. The number of nitrogens with zero attached hydrogens (tertiary/aromatic N) is 1. The molecule has 0 aromatic heterocycles. The molecular formula is C14H28N2. The molecule has 0 radical (unpaired) electrons. The highest BCUT2D eigenvalue weighted by Crippen LogP contribution is 2.20. The van der Waals surface area contributed by atoms with Crippen molar-refractivity contribution >= 4 is 0 Å². The molecule has 1 aliphatic heterocycles. The average molecular weight is 224 g/mol. The second-order valence-electron chi connectivity index (χ2n) is 6.12. The molecule has 2 rings (SSSR count). The van der Waals surface area contributed by atoms with Crippen LogP contribution in [-0.4, -0.2) is 36.6 Å². The third kappa shape index (κ3) is 3.74. The first kappa shape index (κ1) is 12.4. The Balaban J connectivity index is 1.64. The Morgan fingerprint density at radius 3 is 2.12 bits per heavy atom. The maximum absolute atomic E-state index is 3.86. The number of hydrogen-bond donors (Lipinski definition) is 1. The second-order valence-corrected chi connectivity index (χ2v) is 6.12. The van der Waals surface area contributed by atoms with Crippen LogP contribution in [0.5, 0.6) is 0 Å². The molecule has 2 fully saturated rings. The summed E-state index contributed by atoms with van der Waals surface area (Å²) >= 11 is 0. The fourth-order valence-electron chi connectivity index (χ4n) is 3.22. The van der Waals surface area contributed by atoms with Gasteiger partial charge in [-0.3, -0.25) is 0 Å². The van der Waals surface area contributed by atoms with E-state index in [1.54, 1.807) is 0 Å². The number of nitrogens with one attached hydrogen (secondary N) is 1. The molecule has 1 saturated carbocycles. The summed E-state index contributed by atoms with van der Waals surface area (Å²) in [6, 6.07) is 1.66. The maximum Gasteiger partial charge on any atom is 0.00940 e. The van der Waals surface area contributed by atoms with Crippen LogP contribution in [0.1, 0.15) is 52.4 Å². The Morgan fingerprint density at radius 1 is 1.00 bits per heavy atom. The van der Waals surface area contributed by atoms with Gasteiger partial charge in [-0.05, 0) is 44.7 Å². The molecule has 0 atom stereocenters. The van der Waals surface area contributed by atoms with E-state index >= 15 is 0 Å². The van der Waals surface area contributed by atoms with Crippen LogP contribution < -0.4 is 5.32 Å². The van der Waals surface area contributed by atoms with Crippen LogP contribution in [0.3, 0.4) is 0 Å². The summed E-state index contributed by atoms with van der Waals surface area (Å²) in [5.41, 5.74) is 0. The molecule has 0 amide bonds. The average Bonchev–Trinajstić information content (AvgIpc) is 2.73. The van der Waals surface area contributed by atoms with Crippen molar-refractivity contribution in [2.75, 3.05) is 19.6 Å². The van der Waals surface area contributed by atoms with Gasteiger partial charge in [0.15, 0.2) is 0 Å². The van der Waals surface area contributed by atoms with Gasteiger partial charge in [0.25, 0.3) is 0 Å². The van der Waals surface area contributed by atoms with Crippen LogP contribution in [0.4, 0.5) is 0 Å². The molecule has 94 valence electrons. The van der Waals surface area contributed by atoms with Gasteiger partial charge in [0, 0.05) is 18.6 Å². The van der Waals surface area contributed by atoms with Crippen LogP contribution >= 0.6 is 0 Å². The first-order valence-electron chi connectivity index (χ1n) is 7.22. The predicted octanol–water partition coefficient (Wildman–Crippen LogP) is 2.64. The monoisotopic (exact) mass is 224 g/mol. The van der Waals surface area contributed by atoms with E-state index in [1.807, 2.05) is 0 Å². The van der Waals surface area contributed by atoms with Gasteiger partial charge < -0.3 is 10.2 Å². The van der Waals surface area contributed by atoms with E-state index in [0.717, 1.165) is 18.0 Å². The predicted molar refractivity (Wildman–Crippen MR) is 69.7 cm³/mol. The maximum atomic E-state index is 3.86. The Bertz CT molecular complexity index is 189. The number of likely N-dealkylation sites (tertiary alicyclic amines) is 1. The van der Waals surface area contributed by atoms with Crippen LogP contribution in [0.15, 0.2) is 0 Å². The van der Waals surface area contributed by atoms with Crippen molar-refractivity contribution in [3.63, 3.8) is 0 Å². The van der Waals surface area contributed by atoms with E-state index < -0.39 is 0 Å². The van der Waals surface area contributed by atoms with Gasteiger partial charge in [-0.15, -0.1) is 0 Å². The molecule has 0 aromatic carbocycles. The van der Waals surface area contributed by atoms with Gasteiger partial charge in [0.05, 0.1) is 0 Å². The van der Waals surface area contributed by atoms with Gasteiger partial charge in [-0.2, -0.15) is 0 Å². The zero-order valence-corrected chi connectivity index (χ0v) is 11.0. The Hall–Kier alpha value is -0.0800. The lowest BCUT2D eigenvalue weighted by Crippen LogP contribution is -2.46. The third-order valence-electron chi connectivity index (χ3n) is 4.04. The molecule has 0 aromatic rings. The molecule has 2 heteroatoms. The SMILES string of the molecule is CC(C)CN1CCC(NC2CCCC2)CC1. The minimum Gasteiger partial charge on any atom is -0.311 e. The lowest BCUT2D eigenvalue weighted by molar-refractivity contribution is 0.174. The topological polar surface area (TPSA) is 15.3 Å². The normalized spacial score (nSPS) is 25.7. The molecule has 16 heavy (non-hydrogen) atoms. The van der Waals surface area contributed by atoms with Crippen LogP contribution in [0, 0.1) is 5.92 Å². The summed E-state index contributed by atoms with van der Waals surface area (Å²) < 4.78 is 0. The summed E-state index contributed by atoms with van der Waals surface area (Å²) in [6.07, 6.45) is 8.47. The molecule has 2 nitrogen and oxygen atoms in total. The molecule has 1 aliphatic carbocycles. The Kier molecular flexibility index (Phi) is 4.66. The quantitative estimate of drug-likeness (QED) is 0.790. The molecule has 0 bridgehead atoms.